The Morgan fingerprint density at radius 2 is 1.83 bits per heavy atom. The average Bonchev–Trinajstić information content (AvgIpc) is 2.55. The van der Waals surface area contributed by atoms with E-state index in [1.165, 1.54) is 27.8 Å². The molecule has 6 nitrogen and oxygen atoms in total. The molecule has 0 saturated carbocycles. The first-order chi connectivity index (χ1) is 11.0. The molecule has 1 unspecified atom stereocenters. The monoisotopic (exact) mass is 312 g/mol. The zero-order valence-corrected chi connectivity index (χ0v) is 12.6. The van der Waals surface area contributed by atoms with Crippen LogP contribution >= 0.6 is 0 Å². The number of rotatable bonds is 2. The van der Waals surface area contributed by atoms with E-state index in [1.807, 2.05) is 24.3 Å². The molecule has 1 aliphatic heterocycles. The van der Waals surface area contributed by atoms with Crippen molar-refractivity contribution in [2.75, 3.05) is 0 Å². The van der Waals surface area contributed by atoms with Crippen molar-refractivity contribution in [1.82, 2.24) is 9.47 Å². The van der Waals surface area contributed by atoms with Crippen molar-refractivity contribution in [2.24, 2.45) is 7.05 Å². The topological polar surface area (TPSA) is 79.6 Å². The summed E-state index contributed by atoms with van der Waals surface area (Å²) < 4.78 is 1.31. The van der Waals surface area contributed by atoms with Crippen molar-refractivity contribution >= 4 is 11.9 Å². The Labute approximate surface area is 132 Å². The third-order valence-corrected chi connectivity index (χ3v) is 4.13. The number of carboxylic acids is 1. The zero-order valence-electron chi connectivity index (χ0n) is 12.6. The number of carboxylic acid groups (broad SMARTS) is 1. The molecule has 0 bridgehead atoms. The lowest BCUT2D eigenvalue weighted by atomic mass is 9.93. The molecule has 1 aromatic heterocycles. The predicted molar refractivity (Wildman–Crippen MR) is 83.1 cm³/mol. The number of benzene rings is 1. The first-order valence-electron chi connectivity index (χ1n) is 7.24. The number of hydrogen-bond donors (Lipinski definition) is 1. The number of aliphatic carboxylic acids is 1. The van der Waals surface area contributed by atoms with E-state index in [2.05, 4.69) is 0 Å². The van der Waals surface area contributed by atoms with E-state index < -0.39 is 12.0 Å². The van der Waals surface area contributed by atoms with Gasteiger partial charge in [0.2, 0.25) is 5.56 Å². The number of nitrogens with zero attached hydrogens (tertiary/aromatic N) is 2. The van der Waals surface area contributed by atoms with Crippen molar-refractivity contribution in [1.29, 1.82) is 0 Å². The minimum absolute atomic E-state index is 0.222. The second-order valence-electron chi connectivity index (χ2n) is 5.63. The number of carbonyl (C=O) groups excluding carboxylic acids is 1. The van der Waals surface area contributed by atoms with Crippen molar-refractivity contribution in [2.45, 2.75) is 19.0 Å². The predicted octanol–water partition coefficient (Wildman–Crippen LogP) is 1.04. The molecule has 1 aliphatic rings. The van der Waals surface area contributed by atoms with E-state index >= 15 is 0 Å². The number of aromatic nitrogens is 1. The van der Waals surface area contributed by atoms with Gasteiger partial charge in [0.15, 0.2) is 0 Å². The lowest BCUT2D eigenvalue weighted by molar-refractivity contribution is -0.142. The summed E-state index contributed by atoms with van der Waals surface area (Å²) in [6, 6.07) is 9.35. The first kappa shape index (κ1) is 15.0. The molecule has 2 heterocycles. The molecular weight excluding hydrogens is 296 g/mol. The molecule has 0 aliphatic carbocycles. The van der Waals surface area contributed by atoms with Crippen LogP contribution in [-0.4, -0.2) is 32.5 Å². The van der Waals surface area contributed by atoms with Gasteiger partial charge in [-0.1, -0.05) is 24.3 Å². The van der Waals surface area contributed by atoms with Crippen LogP contribution in [0.3, 0.4) is 0 Å². The van der Waals surface area contributed by atoms with E-state index in [0.29, 0.717) is 5.56 Å². The lowest BCUT2D eigenvalue weighted by Crippen LogP contribution is -2.48. The highest BCUT2D eigenvalue weighted by Gasteiger charge is 2.34. The fourth-order valence-corrected chi connectivity index (χ4v) is 2.84. The molecule has 3 rings (SSSR count). The number of hydrogen-bond acceptors (Lipinski definition) is 3. The van der Waals surface area contributed by atoms with E-state index in [1.54, 1.807) is 7.05 Å². The van der Waals surface area contributed by atoms with Gasteiger partial charge in [-0.3, -0.25) is 9.59 Å². The van der Waals surface area contributed by atoms with E-state index in [-0.39, 0.29) is 24.4 Å². The Balaban J connectivity index is 1.99. The summed E-state index contributed by atoms with van der Waals surface area (Å²) >= 11 is 0. The number of carbonyl (C=O) groups is 2. The number of aryl methyl sites for hydroxylation is 1. The summed E-state index contributed by atoms with van der Waals surface area (Å²) in [5.74, 6) is -1.42. The Morgan fingerprint density at radius 1 is 1.13 bits per heavy atom. The van der Waals surface area contributed by atoms with Gasteiger partial charge in [0.25, 0.3) is 5.91 Å². The molecule has 1 atom stereocenters. The van der Waals surface area contributed by atoms with Gasteiger partial charge in [-0.2, -0.15) is 0 Å². The van der Waals surface area contributed by atoms with Gasteiger partial charge in [0.05, 0.1) is 5.56 Å². The molecule has 6 heteroatoms. The van der Waals surface area contributed by atoms with Gasteiger partial charge in [0.1, 0.15) is 6.04 Å². The van der Waals surface area contributed by atoms with Crippen LogP contribution in [-0.2, 0) is 24.8 Å². The summed E-state index contributed by atoms with van der Waals surface area (Å²) in [6.07, 6.45) is 1.72. The van der Waals surface area contributed by atoms with Crippen molar-refractivity contribution in [3.63, 3.8) is 0 Å². The maximum absolute atomic E-state index is 12.7. The van der Waals surface area contributed by atoms with Crippen molar-refractivity contribution < 1.29 is 14.7 Å². The van der Waals surface area contributed by atoms with Crippen LogP contribution in [0.4, 0.5) is 0 Å². The SMILES string of the molecule is Cn1cc(C(=O)N2Cc3ccccc3CC2C(=O)O)ccc1=O. The molecule has 1 aromatic carbocycles. The standard InChI is InChI=1S/C17H16N2O4/c1-18-9-13(6-7-15(18)20)16(21)19-10-12-5-3-2-4-11(12)8-14(19)17(22)23/h2-7,9,14H,8,10H2,1H3,(H,22,23). The molecule has 0 fully saturated rings. The first-order valence-corrected chi connectivity index (χ1v) is 7.24. The highest BCUT2D eigenvalue weighted by molar-refractivity contribution is 5.96. The quantitative estimate of drug-likeness (QED) is 0.898. The Morgan fingerprint density at radius 3 is 2.48 bits per heavy atom. The van der Waals surface area contributed by atoms with Gasteiger partial charge < -0.3 is 14.6 Å². The second-order valence-corrected chi connectivity index (χ2v) is 5.63. The molecule has 1 amide bonds. The van der Waals surface area contributed by atoms with E-state index in [4.69, 9.17) is 0 Å². The minimum Gasteiger partial charge on any atom is -0.480 e. The Kier molecular flexibility index (Phi) is 3.73. The fraction of sp³-hybridized carbons (Fsp3) is 0.235. The van der Waals surface area contributed by atoms with E-state index in [0.717, 1.165) is 11.1 Å². The van der Waals surface area contributed by atoms with E-state index in [9.17, 15) is 19.5 Å². The molecule has 0 saturated heterocycles. The van der Waals surface area contributed by atoms with Crippen LogP contribution in [0, 0.1) is 0 Å². The Bertz CT molecular complexity index is 840. The van der Waals surface area contributed by atoms with Gasteiger partial charge in [0, 0.05) is 32.3 Å². The summed E-state index contributed by atoms with van der Waals surface area (Å²) in [6.45, 7) is 0.245. The molecule has 0 spiro atoms. The molecule has 0 radical (unpaired) electrons. The zero-order chi connectivity index (χ0) is 16.6. The summed E-state index contributed by atoms with van der Waals surface area (Å²) in [5.41, 5.74) is 1.98. The smallest absolute Gasteiger partial charge is 0.326 e. The molecule has 2 aromatic rings. The number of fused-ring (bicyclic) bond motifs is 1. The summed E-state index contributed by atoms with van der Waals surface area (Å²) in [4.78, 5) is 37.1. The van der Waals surface area contributed by atoms with Crippen LogP contribution in [0.1, 0.15) is 21.5 Å². The van der Waals surface area contributed by atoms with Crippen LogP contribution in [0.15, 0.2) is 47.4 Å². The van der Waals surface area contributed by atoms with Crippen LogP contribution in [0.2, 0.25) is 0 Å². The van der Waals surface area contributed by atoms with Crippen LogP contribution in [0.5, 0.6) is 0 Å². The van der Waals surface area contributed by atoms with Gasteiger partial charge in [-0.15, -0.1) is 0 Å². The maximum Gasteiger partial charge on any atom is 0.326 e. The van der Waals surface area contributed by atoms with Crippen LogP contribution < -0.4 is 5.56 Å². The maximum atomic E-state index is 12.7. The third-order valence-electron chi connectivity index (χ3n) is 4.13. The average molecular weight is 312 g/mol. The molecule has 1 N–H and O–H groups in total. The molecular formula is C17H16N2O4. The fourth-order valence-electron chi connectivity index (χ4n) is 2.84. The number of pyridine rings is 1. The summed E-state index contributed by atoms with van der Waals surface area (Å²) in [7, 11) is 1.55. The van der Waals surface area contributed by atoms with Crippen LogP contribution in [0.25, 0.3) is 0 Å². The summed E-state index contributed by atoms with van der Waals surface area (Å²) in [5, 5.41) is 9.48. The largest absolute Gasteiger partial charge is 0.480 e. The number of amides is 1. The highest BCUT2D eigenvalue weighted by atomic mass is 16.4. The van der Waals surface area contributed by atoms with Gasteiger partial charge >= 0.3 is 5.97 Å². The molecule has 23 heavy (non-hydrogen) atoms. The highest BCUT2D eigenvalue weighted by Crippen LogP contribution is 2.25. The van der Waals surface area contributed by atoms with Crippen molar-refractivity contribution in [3.8, 4) is 0 Å². The third kappa shape index (κ3) is 2.75. The second kappa shape index (κ2) is 5.72. The van der Waals surface area contributed by atoms with Crippen molar-refractivity contribution in [3.05, 3.63) is 69.6 Å². The normalized spacial score (nSPS) is 16.7. The lowest BCUT2D eigenvalue weighted by Gasteiger charge is -2.34. The minimum atomic E-state index is -1.03. The van der Waals surface area contributed by atoms with Gasteiger partial charge in [-0.25, -0.2) is 4.79 Å². The molecule has 118 valence electrons. The van der Waals surface area contributed by atoms with Gasteiger partial charge in [-0.05, 0) is 17.2 Å². The Hall–Kier alpha value is -2.89.